The van der Waals surface area contributed by atoms with Crippen LogP contribution in [-0.4, -0.2) is 62.9 Å². The second kappa shape index (κ2) is 9.77. The average Bonchev–Trinajstić information content (AvgIpc) is 2.73. The zero-order valence-corrected chi connectivity index (χ0v) is 17.7. The third kappa shape index (κ3) is 5.72. The molecular weight excluding hydrogens is 398 g/mol. The van der Waals surface area contributed by atoms with Crippen LogP contribution in [0.15, 0.2) is 47.8 Å². The SMILES string of the molecule is CCN(CC(OC)(OC)c1ccnc(S(C)(=O)=O)n1)C(=O)OCc1ccccc1. The van der Waals surface area contributed by atoms with E-state index in [9.17, 15) is 13.2 Å². The smallest absolute Gasteiger partial charge is 0.410 e. The van der Waals surface area contributed by atoms with Crippen molar-refractivity contribution in [3.05, 3.63) is 53.9 Å². The van der Waals surface area contributed by atoms with Gasteiger partial charge in [-0.2, -0.15) is 0 Å². The third-order valence-electron chi connectivity index (χ3n) is 4.26. The van der Waals surface area contributed by atoms with Crippen LogP contribution in [-0.2, 0) is 36.4 Å². The molecule has 10 heteroatoms. The van der Waals surface area contributed by atoms with Crippen molar-refractivity contribution in [2.24, 2.45) is 0 Å². The van der Waals surface area contributed by atoms with Crippen LogP contribution in [0.5, 0.6) is 0 Å². The topological polar surface area (TPSA) is 108 Å². The van der Waals surface area contributed by atoms with Crippen molar-refractivity contribution in [3.8, 4) is 0 Å². The first-order valence-electron chi connectivity index (χ1n) is 8.85. The number of carbonyl (C=O) groups is 1. The number of benzene rings is 1. The molecule has 0 spiro atoms. The first-order valence-corrected chi connectivity index (χ1v) is 10.7. The zero-order chi connectivity index (χ0) is 21.5. The molecule has 1 aromatic carbocycles. The maximum atomic E-state index is 12.6. The van der Waals surface area contributed by atoms with Crippen LogP contribution in [0, 0.1) is 0 Å². The van der Waals surface area contributed by atoms with Gasteiger partial charge in [-0.05, 0) is 18.6 Å². The minimum Gasteiger partial charge on any atom is -0.445 e. The number of nitrogens with zero attached hydrogens (tertiary/aromatic N) is 3. The van der Waals surface area contributed by atoms with E-state index in [0.717, 1.165) is 11.8 Å². The van der Waals surface area contributed by atoms with Crippen molar-refractivity contribution < 1.29 is 27.4 Å². The zero-order valence-electron chi connectivity index (χ0n) is 16.9. The van der Waals surface area contributed by atoms with E-state index in [1.165, 1.54) is 31.4 Å². The van der Waals surface area contributed by atoms with Crippen LogP contribution in [0.3, 0.4) is 0 Å². The maximum Gasteiger partial charge on any atom is 0.410 e. The van der Waals surface area contributed by atoms with E-state index in [0.29, 0.717) is 6.54 Å². The molecule has 9 nitrogen and oxygen atoms in total. The van der Waals surface area contributed by atoms with Gasteiger partial charge in [0.15, 0.2) is 0 Å². The fraction of sp³-hybridized carbons (Fsp3) is 0.421. The van der Waals surface area contributed by atoms with Crippen molar-refractivity contribution >= 4 is 15.9 Å². The standard InChI is InChI=1S/C19H25N3O6S/c1-5-22(18(23)28-13-15-9-7-6-8-10-15)14-19(26-2,27-3)16-11-12-20-17(21-16)29(4,24)25/h6-12H,5,13-14H2,1-4H3. The van der Waals surface area contributed by atoms with Crippen molar-refractivity contribution in [2.45, 2.75) is 24.5 Å². The van der Waals surface area contributed by atoms with Crippen molar-refractivity contribution in [2.75, 3.05) is 33.6 Å². The number of sulfone groups is 1. The molecule has 2 aromatic rings. The van der Waals surface area contributed by atoms with Gasteiger partial charge in [0.05, 0.1) is 6.54 Å². The first kappa shape index (κ1) is 22.7. The Hall–Kier alpha value is -2.56. The molecule has 158 valence electrons. The highest BCUT2D eigenvalue weighted by Crippen LogP contribution is 2.26. The number of aromatic nitrogens is 2. The van der Waals surface area contributed by atoms with Gasteiger partial charge in [-0.3, -0.25) is 0 Å². The fourth-order valence-electron chi connectivity index (χ4n) is 2.60. The lowest BCUT2D eigenvalue weighted by molar-refractivity contribution is -0.226. The Morgan fingerprint density at radius 3 is 2.34 bits per heavy atom. The number of amides is 1. The van der Waals surface area contributed by atoms with Gasteiger partial charge in [-0.1, -0.05) is 30.3 Å². The summed E-state index contributed by atoms with van der Waals surface area (Å²) in [7, 11) is -0.863. The Bertz CT molecular complexity index is 917. The van der Waals surface area contributed by atoms with E-state index in [-0.39, 0.29) is 24.0 Å². The van der Waals surface area contributed by atoms with Crippen LogP contribution in [0.25, 0.3) is 0 Å². The molecule has 2 rings (SSSR count). The van der Waals surface area contributed by atoms with Crippen molar-refractivity contribution in [1.29, 1.82) is 0 Å². The number of methoxy groups -OCH3 is 2. The lowest BCUT2D eigenvalue weighted by Crippen LogP contribution is -2.47. The van der Waals surface area contributed by atoms with Crippen LogP contribution in [0.2, 0.25) is 0 Å². The first-order chi connectivity index (χ1) is 13.8. The molecule has 1 heterocycles. The maximum absolute atomic E-state index is 12.6. The van der Waals surface area contributed by atoms with E-state index < -0.39 is 21.7 Å². The molecule has 0 saturated heterocycles. The summed E-state index contributed by atoms with van der Waals surface area (Å²) in [5.41, 5.74) is 1.03. The molecule has 0 atom stereocenters. The van der Waals surface area contributed by atoms with Gasteiger partial charge in [0.2, 0.25) is 20.8 Å². The van der Waals surface area contributed by atoms with Gasteiger partial charge in [-0.15, -0.1) is 0 Å². The summed E-state index contributed by atoms with van der Waals surface area (Å²) in [5.74, 6) is -1.50. The Labute approximate surface area is 170 Å². The van der Waals surface area contributed by atoms with Gasteiger partial charge >= 0.3 is 6.09 Å². The lowest BCUT2D eigenvalue weighted by Gasteiger charge is -2.34. The summed E-state index contributed by atoms with van der Waals surface area (Å²) in [6.45, 7) is 2.15. The van der Waals surface area contributed by atoms with Gasteiger partial charge in [0.25, 0.3) is 0 Å². The predicted octanol–water partition coefficient (Wildman–Crippen LogP) is 1.98. The van der Waals surface area contributed by atoms with Gasteiger partial charge in [-0.25, -0.2) is 23.2 Å². The minimum atomic E-state index is -3.63. The Morgan fingerprint density at radius 2 is 1.79 bits per heavy atom. The van der Waals surface area contributed by atoms with Gasteiger partial charge in [0.1, 0.15) is 12.3 Å². The molecule has 0 aliphatic carbocycles. The quantitative estimate of drug-likeness (QED) is 0.445. The molecule has 0 fully saturated rings. The number of hydrogen-bond acceptors (Lipinski definition) is 8. The minimum absolute atomic E-state index is 0.0651. The predicted molar refractivity (Wildman–Crippen MR) is 105 cm³/mol. The van der Waals surface area contributed by atoms with E-state index in [1.807, 2.05) is 30.3 Å². The van der Waals surface area contributed by atoms with Crippen LogP contribution < -0.4 is 0 Å². The molecule has 0 saturated carbocycles. The highest BCUT2D eigenvalue weighted by molar-refractivity contribution is 7.90. The molecule has 0 unspecified atom stereocenters. The van der Waals surface area contributed by atoms with E-state index in [1.54, 1.807) is 6.92 Å². The monoisotopic (exact) mass is 423 g/mol. The van der Waals surface area contributed by atoms with Crippen LogP contribution in [0.4, 0.5) is 4.79 Å². The number of carbonyl (C=O) groups excluding carboxylic acids is 1. The molecule has 0 aliphatic rings. The Kier molecular flexibility index (Phi) is 7.66. The molecule has 1 aromatic heterocycles. The van der Waals surface area contributed by atoms with E-state index in [2.05, 4.69) is 9.97 Å². The summed E-state index contributed by atoms with van der Waals surface area (Å²) in [5, 5.41) is -0.358. The van der Waals surface area contributed by atoms with Gasteiger partial charge in [0, 0.05) is 33.2 Å². The van der Waals surface area contributed by atoms with E-state index >= 15 is 0 Å². The Morgan fingerprint density at radius 1 is 1.14 bits per heavy atom. The van der Waals surface area contributed by atoms with Crippen LogP contribution in [0.1, 0.15) is 18.2 Å². The summed E-state index contributed by atoms with van der Waals surface area (Å²) >= 11 is 0. The lowest BCUT2D eigenvalue weighted by atomic mass is 10.1. The molecule has 0 N–H and O–H groups in total. The summed E-state index contributed by atoms with van der Waals surface area (Å²) in [6.07, 6.45) is 1.74. The highest BCUT2D eigenvalue weighted by Gasteiger charge is 2.38. The van der Waals surface area contributed by atoms with E-state index in [4.69, 9.17) is 14.2 Å². The summed E-state index contributed by atoms with van der Waals surface area (Å²) < 4.78 is 40.0. The molecule has 0 radical (unpaired) electrons. The summed E-state index contributed by atoms with van der Waals surface area (Å²) in [6, 6.07) is 10.8. The summed E-state index contributed by atoms with van der Waals surface area (Å²) in [4.78, 5) is 21.8. The molecule has 0 bridgehead atoms. The molecular formula is C19H25N3O6S. The normalized spacial score (nSPS) is 11.9. The number of ether oxygens (including phenoxy) is 3. The fourth-order valence-corrected chi connectivity index (χ4v) is 3.12. The average molecular weight is 423 g/mol. The molecule has 29 heavy (non-hydrogen) atoms. The van der Waals surface area contributed by atoms with Crippen molar-refractivity contribution in [3.63, 3.8) is 0 Å². The Balaban J connectivity index is 2.23. The van der Waals surface area contributed by atoms with Crippen molar-refractivity contribution in [1.82, 2.24) is 14.9 Å². The second-order valence-corrected chi connectivity index (χ2v) is 8.12. The van der Waals surface area contributed by atoms with Gasteiger partial charge < -0.3 is 19.1 Å². The molecule has 0 aliphatic heterocycles. The van der Waals surface area contributed by atoms with Crippen LogP contribution >= 0.6 is 0 Å². The second-order valence-electron chi connectivity index (χ2n) is 6.21. The third-order valence-corrected chi connectivity index (χ3v) is 5.12. The number of rotatable bonds is 9. The highest BCUT2D eigenvalue weighted by atomic mass is 32.2. The number of likely N-dealkylation sites (N-methyl/N-ethyl adjacent to an activating group) is 1. The molecule has 1 amide bonds. The largest absolute Gasteiger partial charge is 0.445 e. The number of hydrogen-bond donors (Lipinski definition) is 0.